The molecule has 1 aromatic carbocycles. The molecule has 11 heteroatoms. The number of carbonyl (C=O) groups is 2. The molecule has 0 radical (unpaired) electrons. The molecule has 2 amide bonds. The second kappa shape index (κ2) is 8.89. The van der Waals surface area contributed by atoms with Gasteiger partial charge in [-0.2, -0.15) is 0 Å². The van der Waals surface area contributed by atoms with Crippen molar-refractivity contribution in [2.75, 3.05) is 11.1 Å². The fraction of sp³-hybridized carbons (Fsp3) is 0.176. The molecule has 0 atom stereocenters. The number of carbonyl (C=O) groups excluding carboxylic acids is 2. The van der Waals surface area contributed by atoms with Crippen molar-refractivity contribution in [3.63, 3.8) is 0 Å². The zero-order valence-corrected chi connectivity index (χ0v) is 16.2. The van der Waals surface area contributed by atoms with Gasteiger partial charge in [0.2, 0.25) is 5.91 Å². The molecule has 2 N–H and O–H groups in total. The van der Waals surface area contributed by atoms with E-state index in [1.807, 2.05) is 0 Å². The van der Waals surface area contributed by atoms with E-state index >= 15 is 0 Å². The number of nitrogens with zero attached hydrogens (tertiary/aromatic N) is 3. The average Bonchev–Trinajstić information content (AvgIpc) is 3.31. The number of thioether (sulfide) groups is 1. The number of amides is 2. The molecule has 3 aromatic rings. The maximum Gasteiger partial charge on any atom is 0.287 e. The molecule has 28 heavy (non-hydrogen) atoms. The van der Waals surface area contributed by atoms with Gasteiger partial charge < -0.3 is 19.6 Å². The number of rotatable bonds is 7. The summed E-state index contributed by atoms with van der Waals surface area (Å²) in [5.74, 6) is -0.672. The van der Waals surface area contributed by atoms with Crippen LogP contribution in [0.4, 0.5) is 10.1 Å². The predicted octanol–water partition coefficient (Wildman–Crippen LogP) is 2.86. The van der Waals surface area contributed by atoms with Crippen LogP contribution in [0, 0.1) is 5.82 Å². The zero-order chi connectivity index (χ0) is 20.1. The molecule has 3 rings (SSSR count). The molecule has 0 spiro atoms. The van der Waals surface area contributed by atoms with Crippen molar-refractivity contribution in [3.05, 3.63) is 59.0 Å². The van der Waals surface area contributed by atoms with Gasteiger partial charge in [-0.1, -0.05) is 23.4 Å². The van der Waals surface area contributed by atoms with Gasteiger partial charge in [0.1, 0.15) is 5.82 Å². The van der Waals surface area contributed by atoms with Crippen molar-refractivity contribution in [1.29, 1.82) is 0 Å². The van der Waals surface area contributed by atoms with Crippen molar-refractivity contribution in [2.24, 2.45) is 7.05 Å². The Bertz CT molecular complexity index is 993. The third-order valence-corrected chi connectivity index (χ3v) is 4.87. The van der Waals surface area contributed by atoms with Crippen LogP contribution in [-0.4, -0.2) is 32.3 Å². The molecule has 0 saturated heterocycles. The second-order valence-electron chi connectivity index (χ2n) is 5.58. The minimum absolute atomic E-state index is 0.00674. The van der Waals surface area contributed by atoms with E-state index in [0.29, 0.717) is 11.0 Å². The Morgan fingerprint density at radius 3 is 2.86 bits per heavy atom. The normalized spacial score (nSPS) is 10.7. The average molecular weight is 424 g/mol. The summed E-state index contributed by atoms with van der Waals surface area (Å²) in [6.07, 6.45) is 1.41. The van der Waals surface area contributed by atoms with Crippen molar-refractivity contribution in [1.82, 2.24) is 20.1 Å². The standard InChI is InChI=1S/C17H15ClFN5O3S/c1-24-14(8-20-16(26)13-3-2-6-27-13)22-23-17(24)28-9-15(25)21-12-5-4-10(18)7-11(12)19/h2-7H,8-9H2,1H3,(H,20,26)(H,21,25). The molecule has 0 unspecified atom stereocenters. The Balaban J connectivity index is 1.52. The number of aromatic nitrogens is 3. The third-order valence-electron chi connectivity index (χ3n) is 3.61. The molecule has 146 valence electrons. The summed E-state index contributed by atoms with van der Waals surface area (Å²) in [7, 11) is 1.72. The lowest BCUT2D eigenvalue weighted by atomic mass is 10.3. The Morgan fingerprint density at radius 1 is 1.32 bits per heavy atom. The Morgan fingerprint density at radius 2 is 2.14 bits per heavy atom. The Labute approximate surface area is 168 Å². The minimum atomic E-state index is -0.612. The van der Waals surface area contributed by atoms with E-state index in [0.717, 1.165) is 17.8 Å². The topological polar surface area (TPSA) is 102 Å². The summed E-state index contributed by atoms with van der Waals surface area (Å²) in [4.78, 5) is 23.9. The van der Waals surface area contributed by atoms with E-state index in [4.69, 9.17) is 16.0 Å². The van der Waals surface area contributed by atoms with E-state index < -0.39 is 11.7 Å². The molecule has 0 saturated carbocycles. The van der Waals surface area contributed by atoms with Crippen LogP contribution in [0.3, 0.4) is 0 Å². The largest absolute Gasteiger partial charge is 0.459 e. The van der Waals surface area contributed by atoms with E-state index in [-0.39, 0.29) is 34.7 Å². The molecule has 2 aromatic heterocycles. The van der Waals surface area contributed by atoms with Crippen LogP contribution in [-0.2, 0) is 18.4 Å². The minimum Gasteiger partial charge on any atom is -0.459 e. The van der Waals surface area contributed by atoms with E-state index in [9.17, 15) is 14.0 Å². The molecule has 8 nitrogen and oxygen atoms in total. The summed E-state index contributed by atoms with van der Waals surface area (Å²) < 4.78 is 20.4. The van der Waals surface area contributed by atoms with Gasteiger partial charge >= 0.3 is 0 Å². The number of hydrogen-bond donors (Lipinski definition) is 2. The Hall–Kier alpha value is -2.85. The summed E-state index contributed by atoms with van der Waals surface area (Å²) in [6, 6.07) is 7.17. The van der Waals surface area contributed by atoms with Gasteiger partial charge in [-0.25, -0.2) is 4.39 Å². The number of benzene rings is 1. The van der Waals surface area contributed by atoms with Crippen LogP contribution in [0.5, 0.6) is 0 Å². The Kier molecular flexibility index (Phi) is 6.32. The monoisotopic (exact) mass is 423 g/mol. The van der Waals surface area contributed by atoms with Crippen LogP contribution in [0.15, 0.2) is 46.2 Å². The highest BCUT2D eigenvalue weighted by atomic mass is 35.5. The molecular formula is C17H15ClFN5O3S. The molecule has 0 fully saturated rings. The highest BCUT2D eigenvalue weighted by molar-refractivity contribution is 7.99. The molecule has 0 aliphatic carbocycles. The first-order chi connectivity index (χ1) is 13.4. The van der Waals surface area contributed by atoms with Gasteiger partial charge in [0, 0.05) is 12.1 Å². The third kappa shape index (κ3) is 4.90. The lowest BCUT2D eigenvalue weighted by Crippen LogP contribution is -2.24. The van der Waals surface area contributed by atoms with Crippen LogP contribution in [0.25, 0.3) is 0 Å². The van der Waals surface area contributed by atoms with Crippen molar-refractivity contribution < 1.29 is 18.4 Å². The van der Waals surface area contributed by atoms with Crippen molar-refractivity contribution in [2.45, 2.75) is 11.7 Å². The highest BCUT2D eigenvalue weighted by Gasteiger charge is 2.14. The molecule has 0 aliphatic rings. The number of furan rings is 1. The van der Waals surface area contributed by atoms with Gasteiger partial charge in [-0.05, 0) is 30.3 Å². The van der Waals surface area contributed by atoms with Crippen LogP contribution in [0.2, 0.25) is 5.02 Å². The highest BCUT2D eigenvalue weighted by Crippen LogP contribution is 2.20. The molecular weight excluding hydrogens is 409 g/mol. The lowest BCUT2D eigenvalue weighted by Gasteiger charge is -2.07. The smallest absolute Gasteiger partial charge is 0.287 e. The first-order valence-corrected chi connectivity index (χ1v) is 9.38. The van der Waals surface area contributed by atoms with Crippen LogP contribution >= 0.6 is 23.4 Å². The second-order valence-corrected chi connectivity index (χ2v) is 6.96. The number of nitrogens with one attached hydrogen (secondary N) is 2. The van der Waals surface area contributed by atoms with Crippen LogP contribution in [0.1, 0.15) is 16.4 Å². The summed E-state index contributed by atoms with van der Waals surface area (Å²) in [5, 5.41) is 13.9. The van der Waals surface area contributed by atoms with E-state index in [1.54, 1.807) is 23.7 Å². The van der Waals surface area contributed by atoms with E-state index in [1.165, 1.54) is 18.4 Å². The molecule has 0 bridgehead atoms. The van der Waals surface area contributed by atoms with Crippen LogP contribution < -0.4 is 10.6 Å². The van der Waals surface area contributed by atoms with Crippen molar-refractivity contribution >= 4 is 40.9 Å². The summed E-state index contributed by atoms with van der Waals surface area (Å²) in [5.41, 5.74) is 0.0503. The summed E-state index contributed by atoms with van der Waals surface area (Å²) >= 11 is 6.82. The number of hydrogen-bond acceptors (Lipinski definition) is 6. The first kappa shape index (κ1) is 19.9. The maximum atomic E-state index is 13.7. The van der Waals surface area contributed by atoms with Gasteiger partial charge in [-0.15, -0.1) is 10.2 Å². The van der Waals surface area contributed by atoms with Crippen molar-refractivity contribution in [3.8, 4) is 0 Å². The van der Waals surface area contributed by atoms with Gasteiger partial charge in [0.15, 0.2) is 16.7 Å². The van der Waals surface area contributed by atoms with E-state index in [2.05, 4.69) is 20.8 Å². The fourth-order valence-electron chi connectivity index (χ4n) is 2.19. The SMILES string of the molecule is Cn1c(CNC(=O)c2ccco2)nnc1SCC(=O)Nc1ccc(Cl)cc1F. The quantitative estimate of drug-likeness (QED) is 0.566. The summed E-state index contributed by atoms with van der Waals surface area (Å²) in [6.45, 7) is 0.145. The predicted molar refractivity (Wildman–Crippen MR) is 102 cm³/mol. The maximum absolute atomic E-state index is 13.7. The van der Waals surface area contributed by atoms with Gasteiger partial charge in [0.25, 0.3) is 5.91 Å². The lowest BCUT2D eigenvalue weighted by molar-refractivity contribution is -0.113. The number of anilines is 1. The zero-order valence-electron chi connectivity index (χ0n) is 14.6. The molecule has 0 aliphatic heterocycles. The molecule has 2 heterocycles. The van der Waals surface area contributed by atoms with Gasteiger partial charge in [-0.3, -0.25) is 9.59 Å². The number of halogens is 2. The fourth-order valence-corrected chi connectivity index (χ4v) is 3.07. The first-order valence-electron chi connectivity index (χ1n) is 8.01. The van der Waals surface area contributed by atoms with Gasteiger partial charge in [0.05, 0.1) is 24.2 Å².